The summed E-state index contributed by atoms with van der Waals surface area (Å²) in [6.07, 6.45) is 2.78. The monoisotopic (exact) mass is 381 g/mol. The Kier molecular flexibility index (Phi) is 7.51. The molecule has 1 amide bonds. The molecule has 146 valence electrons. The highest BCUT2D eigenvalue weighted by atomic mass is 16.5. The zero-order valence-electron chi connectivity index (χ0n) is 16.2. The van der Waals surface area contributed by atoms with Gasteiger partial charge in [0.25, 0.3) is 5.91 Å². The predicted molar refractivity (Wildman–Crippen MR) is 105 cm³/mol. The lowest BCUT2D eigenvalue weighted by Gasteiger charge is -2.18. The van der Waals surface area contributed by atoms with Crippen molar-refractivity contribution in [1.29, 1.82) is 0 Å². The van der Waals surface area contributed by atoms with Crippen LogP contribution in [0.5, 0.6) is 0 Å². The molecule has 0 N–H and O–H groups in total. The van der Waals surface area contributed by atoms with Crippen molar-refractivity contribution in [3.63, 3.8) is 0 Å². The van der Waals surface area contributed by atoms with Crippen LogP contribution in [0.1, 0.15) is 27.0 Å². The maximum atomic E-state index is 12.1. The molecule has 0 aliphatic heterocycles. The molecule has 0 aliphatic rings. The summed E-state index contributed by atoms with van der Waals surface area (Å²) in [5.74, 6) is -1.33. The van der Waals surface area contributed by atoms with E-state index in [1.165, 1.54) is 18.1 Å². The number of rotatable bonds is 7. The summed E-state index contributed by atoms with van der Waals surface area (Å²) in [6, 6.07) is 14.4. The largest absolute Gasteiger partial charge is 0.465 e. The number of carbonyl (C=O) groups excluding carboxylic acids is 3. The number of amides is 1. The molecule has 6 heteroatoms. The third-order valence-electron chi connectivity index (χ3n) is 4.18. The van der Waals surface area contributed by atoms with Crippen molar-refractivity contribution < 1.29 is 23.9 Å². The first kappa shape index (κ1) is 20.9. The minimum absolute atomic E-state index is 0.285. The Morgan fingerprint density at radius 2 is 1.71 bits per heavy atom. The first-order valence-electron chi connectivity index (χ1n) is 8.72. The number of hydrogen-bond acceptors (Lipinski definition) is 5. The molecular weight excluding hydrogens is 358 g/mol. The summed E-state index contributed by atoms with van der Waals surface area (Å²) in [7, 11) is 2.98. The van der Waals surface area contributed by atoms with Crippen LogP contribution in [0.3, 0.4) is 0 Å². The number of nitrogens with zero attached hydrogens (tertiary/aromatic N) is 1. The van der Waals surface area contributed by atoms with Gasteiger partial charge in [0.1, 0.15) is 0 Å². The van der Waals surface area contributed by atoms with Crippen molar-refractivity contribution in [3.8, 4) is 0 Å². The van der Waals surface area contributed by atoms with Crippen LogP contribution in [0.25, 0.3) is 6.08 Å². The Morgan fingerprint density at radius 3 is 2.36 bits per heavy atom. The van der Waals surface area contributed by atoms with Crippen LogP contribution < -0.4 is 0 Å². The Hall–Kier alpha value is -3.41. The van der Waals surface area contributed by atoms with Crippen molar-refractivity contribution in [2.75, 3.05) is 20.8 Å². The normalized spacial score (nSPS) is 10.5. The van der Waals surface area contributed by atoms with Crippen LogP contribution in [0, 0.1) is 6.92 Å². The molecular formula is C22H23NO5. The fraction of sp³-hybridized carbons (Fsp3) is 0.227. The van der Waals surface area contributed by atoms with Gasteiger partial charge in [-0.2, -0.15) is 0 Å². The molecule has 2 aromatic carbocycles. The first-order valence-corrected chi connectivity index (χ1v) is 8.72. The zero-order valence-corrected chi connectivity index (χ0v) is 16.2. The second-order valence-corrected chi connectivity index (χ2v) is 6.23. The van der Waals surface area contributed by atoms with Crippen LogP contribution in [0.2, 0.25) is 0 Å². The van der Waals surface area contributed by atoms with Crippen molar-refractivity contribution in [2.24, 2.45) is 0 Å². The van der Waals surface area contributed by atoms with Gasteiger partial charge in [-0.05, 0) is 41.8 Å². The van der Waals surface area contributed by atoms with Gasteiger partial charge in [0.15, 0.2) is 6.61 Å². The van der Waals surface area contributed by atoms with Crippen LogP contribution in [-0.4, -0.2) is 43.5 Å². The van der Waals surface area contributed by atoms with Gasteiger partial charge in [0, 0.05) is 19.7 Å². The molecule has 28 heavy (non-hydrogen) atoms. The predicted octanol–water partition coefficient (Wildman–Crippen LogP) is 3.00. The van der Waals surface area contributed by atoms with Crippen molar-refractivity contribution >= 4 is 23.9 Å². The van der Waals surface area contributed by atoms with E-state index in [1.807, 2.05) is 31.2 Å². The zero-order chi connectivity index (χ0) is 20.5. The van der Waals surface area contributed by atoms with Gasteiger partial charge >= 0.3 is 11.9 Å². The Balaban J connectivity index is 1.82. The Labute approximate surface area is 164 Å². The summed E-state index contributed by atoms with van der Waals surface area (Å²) in [6.45, 7) is 2.11. The quantitative estimate of drug-likeness (QED) is 0.545. The molecule has 0 saturated carbocycles. The molecule has 2 aromatic rings. The number of ether oxygens (including phenoxy) is 2. The van der Waals surface area contributed by atoms with Crippen molar-refractivity contribution in [2.45, 2.75) is 13.5 Å². The maximum absolute atomic E-state index is 12.1. The van der Waals surface area contributed by atoms with Gasteiger partial charge in [-0.1, -0.05) is 36.4 Å². The summed E-state index contributed by atoms with van der Waals surface area (Å²) in [5.41, 5.74) is 3.28. The Bertz CT molecular complexity index is 871. The number of hydrogen-bond donors (Lipinski definition) is 0. The third-order valence-corrected chi connectivity index (χ3v) is 4.18. The first-order chi connectivity index (χ1) is 13.4. The standard InChI is InChI=1S/C22H23NO5/c1-16-6-4-5-7-19(16)14-23(2)20(24)15-28-21(25)13-10-17-8-11-18(12-9-17)22(26)27-3/h4-13H,14-15H2,1-3H3/b13-10+. The number of likely N-dealkylation sites (N-methyl/N-ethyl adjacent to an activating group) is 1. The van der Waals surface area contributed by atoms with Crippen LogP contribution in [-0.2, 0) is 25.6 Å². The highest BCUT2D eigenvalue weighted by Gasteiger charge is 2.12. The SMILES string of the molecule is COC(=O)c1ccc(/C=C/C(=O)OCC(=O)N(C)Cc2ccccc2C)cc1. The van der Waals surface area contributed by atoms with Crippen molar-refractivity contribution in [3.05, 3.63) is 76.9 Å². The molecule has 2 rings (SSSR count). The molecule has 0 bridgehead atoms. The van der Waals surface area contributed by atoms with E-state index in [0.29, 0.717) is 17.7 Å². The second-order valence-electron chi connectivity index (χ2n) is 6.23. The summed E-state index contributed by atoms with van der Waals surface area (Å²) < 4.78 is 9.63. The lowest BCUT2D eigenvalue weighted by Crippen LogP contribution is -2.30. The average molecular weight is 381 g/mol. The van der Waals surface area contributed by atoms with Gasteiger partial charge < -0.3 is 14.4 Å². The molecule has 0 fully saturated rings. The molecule has 0 unspecified atom stereocenters. The molecule has 0 saturated heterocycles. The molecule has 0 heterocycles. The highest BCUT2D eigenvalue weighted by molar-refractivity contribution is 5.91. The topological polar surface area (TPSA) is 72.9 Å². The van der Waals surface area contributed by atoms with Crippen LogP contribution >= 0.6 is 0 Å². The smallest absolute Gasteiger partial charge is 0.337 e. The molecule has 0 aliphatic carbocycles. The number of aryl methyl sites for hydroxylation is 1. The van der Waals surface area contributed by atoms with E-state index in [-0.39, 0.29) is 12.5 Å². The maximum Gasteiger partial charge on any atom is 0.337 e. The van der Waals surface area contributed by atoms with Crippen LogP contribution in [0.15, 0.2) is 54.6 Å². The van der Waals surface area contributed by atoms with Gasteiger partial charge in [-0.15, -0.1) is 0 Å². The van der Waals surface area contributed by atoms with E-state index in [4.69, 9.17) is 4.74 Å². The van der Waals surface area contributed by atoms with E-state index >= 15 is 0 Å². The molecule has 6 nitrogen and oxygen atoms in total. The molecule has 0 atom stereocenters. The minimum Gasteiger partial charge on any atom is -0.465 e. The van der Waals surface area contributed by atoms with Gasteiger partial charge in [0.05, 0.1) is 12.7 Å². The summed E-state index contributed by atoms with van der Waals surface area (Å²) in [4.78, 5) is 36.9. The average Bonchev–Trinajstić information content (AvgIpc) is 2.71. The lowest BCUT2D eigenvalue weighted by atomic mass is 10.1. The molecule has 0 radical (unpaired) electrons. The van der Waals surface area contributed by atoms with E-state index < -0.39 is 11.9 Å². The number of esters is 2. The van der Waals surface area contributed by atoms with E-state index in [1.54, 1.807) is 37.4 Å². The van der Waals surface area contributed by atoms with Crippen molar-refractivity contribution in [1.82, 2.24) is 4.90 Å². The molecule has 0 spiro atoms. The van der Waals surface area contributed by atoms with E-state index in [0.717, 1.165) is 11.1 Å². The summed E-state index contributed by atoms with van der Waals surface area (Å²) in [5, 5.41) is 0. The fourth-order valence-electron chi connectivity index (χ4n) is 2.43. The number of benzene rings is 2. The number of methoxy groups -OCH3 is 1. The molecule has 0 aromatic heterocycles. The Morgan fingerprint density at radius 1 is 1.04 bits per heavy atom. The van der Waals surface area contributed by atoms with Gasteiger partial charge in [-0.3, -0.25) is 4.79 Å². The van der Waals surface area contributed by atoms with E-state index in [9.17, 15) is 14.4 Å². The van der Waals surface area contributed by atoms with Gasteiger partial charge in [-0.25, -0.2) is 9.59 Å². The number of carbonyl (C=O) groups is 3. The van der Waals surface area contributed by atoms with E-state index in [2.05, 4.69) is 4.74 Å². The fourth-order valence-corrected chi connectivity index (χ4v) is 2.43. The minimum atomic E-state index is -0.616. The van der Waals surface area contributed by atoms with Crippen LogP contribution in [0.4, 0.5) is 0 Å². The lowest BCUT2D eigenvalue weighted by molar-refractivity contribution is -0.147. The highest BCUT2D eigenvalue weighted by Crippen LogP contribution is 2.10. The van der Waals surface area contributed by atoms with Gasteiger partial charge in [0.2, 0.25) is 0 Å². The summed E-state index contributed by atoms with van der Waals surface area (Å²) >= 11 is 0. The second kappa shape index (κ2) is 10.1. The third kappa shape index (κ3) is 6.09.